The van der Waals surface area contributed by atoms with Gasteiger partial charge >= 0.3 is 0 Å². The molecular formula is C17H24BrNO. The Balaban J connectivity index is 2.22. The standard InChI is InChI=1S/C17H24BrNO/c1-4-17(5-2)8-10-19(11-9-17)16-12-14(18)6-7-15(16)13(3)20/h6-7,12H,4-5,8-11H2,1-3H3. The molecule has 0 saturated carbocycles. The number of rotatable bonds is 4. The Morgan fingerprint density at radius 1 is 1.25 bits per heavy atom. The summed E-state index contributed by atoms with van der Waals surface area (Å²) in [5, 5.41) is 0. The molecule has 2 rings (SSSR count). The molecule has 1 aliphatic heterocycles. The van der Waals surface area contributed by atoms with Crippen molar-refractivity contribution in [2.45, 2.75) is 46.5 Å². The number of anilines is 1. The van der Waals surface area contributed by atoms with Crippen LogP contribution in [0.1, 0.15) is 56.8 Å². The average molecular weight is 338 g/mol. The molecule has 0 aromatic heterocycles. The van der Waals surface area contributed by atoms with Crippen molar-refractivity contribution >= 4 is 27.4 Å². The molecule has 20 heavy (non-hydrogen) atoms. The maximum Gasteiger partial charge on any atom is 0.161 e. The molecule has 0 atom stereocenters. The van der Waals surface area contributed by atoms with Crippen molar-refractivity contribution in [1.29, 1.82) is 0 Å². The van der Waals surface area contributed by atoms with Crippen molar-refractivity contribution in [2.24, 2.45) is 5.41 Å². The summed E-state index contributed by atoms with van der Waals surface area (Å²) < 4.78 is 1.04. The van der Waals surface area contributed by atoms with Gasteiger partial charge < -0.3 is 4.90 Å². The molecule has 1 aromatic carbocycles. The summed E-state index contributed by atoms with van der Waals surface area (Å²) in [5.74, 6) is 0.148. The van der Waals surface area contributed by atoms with Crippen LogP contribution in [0.4, 0.5) is 5.69 Å². The van der Waals surface area contributed by atoms with E-state index in [4.69, 9.17) is 0 Å². The van der Waals surface area contributed by atoms with Gasteiger partial charge in [-0.15, -0.1) is 0 Å². The molecule has 1 aliphatic rings. The van der Waals surface area contributed by atoms with Gasteiger partial charge in [-0.3, -0.25) is 4.79 Å². The van der Waals surface area contributed by atoms with Gasteiger partial charge in [0.15, 0.2) is 5.78 Å². The van der Waals surface area contributed by atoms with Crippen molar-refractivity contribution in [2.75, 3.05) is 18.0 Å². The number of halogens is 1. The van der Waals surface area contributed by atoms with Crippen molar-refractivity contribution in [1.82, 2.24) is 0 Å². The van der Waals surface area contributed by atoms with Crippen LogP contribution in [0, 0.1) is 5.41 Å². The summed E-state index contributed by atoms with van der Waals surface area (Å²) >= 11 is 3.52. The summed E-state index contributed by atoms with van der Waals surface area (Å²) in [4.78, 5) is 14.2. The molecule has 0 bridgehead atoms. The minimum Gasteiger partial charge on any atom is -0.371 e. The lowest BCUT2D eigenvalue weighted by Gasteiger charge is -2.42. The number of carbonyl (C=O) groups is 1. The van der Waals surface area contributed by atoms with Crippen LogP contribution < -0.4 is 4.90 Å². The first-order chi connectivity index (χ1) is 9.51. The molecule has 1 fully saturated rings. The van der Waals surface area contributed by atoms with Crippen molar-refractivity contribution in [3.8, 4) is 0 Å². The molecular weight excluding hydrogens is 314 g/mol. The number of nitrogens with zero attached hydrogens (tertiary/aromatic N) is 1. The van der Waals surface area contributed by atoms with E-state index in [1.165, 1.54) is 25.7 Å². The predicted molar refractivity (Wildman–Crippen MR) is 88.6 cm³/mol. The number of carbonyl (C=O) groups excluding carboxylic acids is 1. The lowest BCUT2D eigenvalue weighted by atomic mass is 9.74. The van der Waals surface area contributed by atoms with Crippen LogP contribution in [0.25, 0.3) is 0 Å². The molecule has 0 aliphatic carbocycles. The number of ketones is 1. The SMILES string of the molecule is CCC1(CC)CCN(c2cc(Br)ccc2C(C)=O)CC1. The second kappa shape index (κ2) is 6.30. The number of hydrogen-bond donors (Lipinski definition) is 0. The third-order valence-corrected chi connectivity index (χ3v) is 5.50. The fourth-order valence-corrected chi connectivity index (χ4v) is 3.59. The third-order valence-electron chi connectivity index (χ3n) is 5.00. The van der Waals surface area contributed by atoms with E-state index < -0.39 is 0 Å². The summed E-state index contributed by atoms with van der Waals surface area (Å²) in [6.45, 7) is 8.37. The number of piperidine rings is 1. The molecule has 0 radical (unpaired) electrons. The van der Waals surface area contributed by atoms with E-state index in [1.807, 2.05) is 12.1 Å². The van der Waals surface area contributed by atoms with Crippen LogP contribution in [0.2, 0.25) is 0 Å². The zero-order valence-electron chi connectivity index (χ0n) is 12.7. The number of Topliss-reactive ketones (excluding diaryl/α,β-unsaturated/α-hetero) is 1. The van der Waals surface area contributed by atoms with E-state index in [-0.39, 0.29) is 5.78 Å². The minimum absolute atomic E-state index is 0.148. The molecule has 110 valence electrons. The lowest BCUT2D eigenvalue weighted by molar-refractivity contribution is 0.101. The second-order valence-electron chi connectivity index (χ2n) is 5.91. The summed E-state index contributed by atoms with van der Waals surface area (Å²) in [5.41, 5.74) is 2.44. The van der Waals surface area contributed by atoms with Gasteiger partial charge in [0.1, 0.15) is 0 Å². The van der Waals surface area contributed by atoms with Gasteiger partial charge in [0.2, 0.25) is 0 Å². The first-order valence-corrected chi connectivity index (χ1v) is 8.36. The van der Waals surface area contributed by atoms with E-state index in [1.54, 1.807) is 6.92 Å². The van der Waals surface area contributed by atoms with Crippen LogP contribution in [-0.4, -0.2) is 18.9 Å². The van der Waals surface area contributed by atoms with Crippen molar-refractivity contribution in [3.63, 3.8) is 0 Å². The quantitative estimate of drug-likeness (QED) is 0.716. The second-order valence-corrected chi connectivity index (χ2v) is 6.83. The number of benzene rings is 1. The third kappa shape index (κ3) is 3.08. The van der Waals surface area contributed by atoms with Crippen LogP contribution in [0.5, 0.6) is 0 Å². The molecule has 1 saturated heterocycles. The van der Waals surface area contributed by atoms with Crippen molar-refractivity contribution in [3.05, 3.63) is 28.2 Å². The van der Waals surface area contributed by atoms with Gasteiger partial charge in [0.05, 0.1) is 0 Å². The van der Waals surface area contributed by atoms with E-state index >= 15 is 0 Å². The highest BCUT2D eigenvalue weighted by molar-refractivity contribution is 9.10. The van der Waals surface area contributed by atoms with Crippen molar-refractivity contribution < 1.29 is 4.79 Å². The van der Waals surface area contributed by atoms with E-state index in [9.17, 15) is 4.79 Å². The highest BCUT2D eigenvalue weighted by Crippen LogP contribution is 2.40. The molecule has 0 unspecified atom stereocenters. The maximum absolute atomic E-state index is 11.8. The topological polar surface area (TPSA) is 20.3 Å². The van der Waals surface area contributed by atoms with Gasteiger partial charge in [0.25, 0.3) is 0 Å². The van der Waals surface area contributed by atoms with E-state index in [2.05, 4.69) is 40.7 Å². The van der Waals surface area contributed by atoms with E-state index in [0.29, 0.717) is 5.41 Å². The normalized spacial score (nSPS) is 18.1. The zero-order valence-corrected chi connectivity index (χ0v) is 14.3. The summed E-state index contributed by atoms with van der Waals surface area (Å²) in [6.07, 6.45) is 4.97. The molecule has 3 heteroatoms. The molecule has 0 spiro atoms. The van der Waals surface area contributed by atoms with Crippen LogP contribution >= 0.6 is 15.9 Å². The van der Waals surface area contributed by atoms with Crippen LogP contribution in [0.15, 0.2) is 22.7 Å². The Morgan fingerprint density at radius 3 is 2.35 bits per heavy atom. The summed E-state index contributed by atoms with van der Waals surface area (Å²) in [7, 11) is 0. The smallest absolute Gasteiger partial charge is 0.161 e. The largest absolute Gasteiger partial charge is 0.371 e. The van der Waals surface area contributed by atoms with Gasteiger partial charge in [-0.05, 0) is 43.4 Å². The molecule has 1 heterocycles. The first-order valence-electron chi connectivity index (χ1n) is 7.57. The lowest BCUT2D eigenvalue weighted by Crippen LogP contribution is -2.40. The molecule has 1 aromatic rings. The van der Waals surface area contributed by atoms with E-state index in [0.717, 1.165) is 28.8 Å². The maximum atomic E-state index is 11.8. The van der Waals surface area contributed by atoms with Crippen LogP contribution in [0.3, 0.4) is 0 Å². The highest BCUT2D eigenvalue weighted by atomic mass is 79.9. The Hall–Kier alpha value is -0.830. The van der Waals surface area contributed by atoms with Gasteiger partial charge in [-0.25, -0.2) is 0 Å². The minimum atomic E-state index is 0.148. The first kappa shape index (κ1) is 15.6. The number of hydrogen-bond acceptors (Lipinski definition) is 2. The summed E-state index contributed by atoms with van der Waals surface area (Å²) in [6, 6.07) is 5.97. The zero-order chi connectivity index (χ0) is 14.8. The average Bonchev–Trinajstić information content (AvgIpc) is 2.47. The molecule has 0 N–H and O–H groups in total. The van der Waals surface area contributed by atoms with Gasteiger partial charge in [-0.2, -0.15) is 0 Å². The van der Waals surface area contributed by atoms with Gasteiger partial charge in [0, 0.05) is 28.8 Å². The molecule has 2 nitrogen and oxygen atoms in total. The Bertz CT molecular complexity index is 484. The fourth-order valence-electron chi connectivity index (χ4n) is 3.24. The highest BCUT2D eigenvalue weighted by Gasteiger charge is 2.32. The Kier molecular flexibility index (Phi) is 4.90. The Labute approximate surface area is 130 Å². The Morgan fingerprint density at radius 2 is 1.85 bits per heavy atom. The van der Waals surface area contributed by atoms with Gasteiger partial charge in [-0.1, -0.05) is 42.6 Å². The monoisotopic (exact) mass is 337 g/mol. The van der Waals surface area contributed by atoms with Crippen LogP contribution in [-0.2, 0) is 0 Å². The predicted octanol–water partition coefficient (Wildman–Crippen LogP) is 5.06. The molecule has 0 amide bonds. The fraction of sp³-hybridized carbons (Fsp3) is 0.588.